The standard InChI is InChI=1S/C15H20N4O2/c1-17(7-8-19-9-10-21-15(19)20)11-14-16-12-5-3-4-6-13(12)18(14)2/h3-6H,7-11H2,1-2H3. The van der Waals surface area contributed by atoms with Gasteiger partial charge in [0.25, 0.3) is 0 Å². The third kappa shape index (κ3) is 2.85. The molecule has 2 aromatic rings. The normalized spacial score (nSPS) is 15.2. The molecule has 21 heavy (non-hydrogen) atoms. The maximum absolute atomic E-state index is 11.4. The molecule has 0 saturated carbocycles. The number of ether oxygens (including phenoxy) is 1. The minimum absolute atomic E-state index is 0.203. The average molecular weight is 288 g/mol. The largest absolute Gasteiger partial charge is 0.448 e. The molecule has 112 valence electrons. The number of hydrogen-bond acceptors (Lipinski definition) is 4. The zero-order valence-corrected chi connectivity index (χ0v) is 12.5. The third-order valence-electron chi connectivity index (χ3n) is 3.89. The molecule has 0 N–H and O–H groups in total. The van der Waals surface area contributed by atoms with E-state index in [-0.39, 0.29) is 6.09 Å². The zero-order valence-electron chi connectivity index (χ0n) is 12.5. The van der Waals surface area contributed by atoms with Crippen LogP contribution in [-0.4, -0.2) is 58.7 Å². The highest BCUT2D eigenvalue weighted by atomic mass is 16.6. The number of nitrogens with zero attached hydrogens (tertiary/aromatic N) is 4. The molecule has 0 aliphatic carbocycles. The number of carbonyl (C=O) groups is 1. The lowest BCUT2D eigenvalue weighted by Crippen LogP contribution is -2.34. The number of aryl methyl sites for hydroxylation is 1. The summed E-state index contributed by atoms with van der Waals surface area (Å²) in [4.78, 5) is 20.0. The van der Waals surface area contributed by atoms with Crippen LogP contribution in [0.4, 0.5) is 4.79 Å². The van der Waals surface area contributed by atoms with Crippen LogP contribution in [0.5, 0.6) is 0 Å². The Morgan fingerprint density at radius 1 is 1.38 bits per heavy atom. The van der Waals surface area contributed by atoms with Crippen LogP contribution in [-0.2, 0) is 18.3 Å². The Bertz CT molecular complexity index is 652. The van der Waals surface area contributed by atoms with Crippen molar-refractivity contribution in [1.29, 1.82) is 0 Å². The Morgan fingerprint density at radius 2 is 2.19 bits per heavy atom. The van der Waals surface area contributed by atoms with Gasteiger partial charge in [0.05, 0.1) is 24.1 Å². The van der Waals surface area contributed by atoms with Crippen molar-refractivity contribution in [2.75, 3.05) is 33.3 Å². The lowest BCUT2D eigenvalue weighted by molar-refractivity contribution is 0.154. The summed E-state index contributed by atoms with van der Waals surface area (Å²) in [7, 11) is 4.08. The number of benzene rings is 1. The minimum atomic E-state index is -0.203. The summed E-state index contributed by atoms with van der Waals surface area (Å²) >= 11 is 0. The molecular formula is C15H20N4O2. The average Bonchev–Trinajstić information content (AvgIpc) is 3.02. The summed E-state index contributed by atoms with van der Waals surface area (Å²) in [6, 6.07) is 8.13. The van der Waals surface area contributed by atoms with Crippen molar-refractivity contribution in [2.24, 2.45) is 7.05 Å². The lowest BCUT2D eigenvalue weighted by atomic mass is 10.3. The van der Waals surface area contributed by atoms with E-state index in [0.717, 1.165) is 29.9 Å². The number of para-hydroxylation sites is 2. The molecule has 1 saturated heterocycles. The molecule has 0 bridgehead atoms. The fourth-order valence-corrected chi connectivity index (χ4v) is 2.58. The Morgan fingerprint density at radius 3 is 2.90 bits per heavy atom. The molecule has 0 radical (unpaired) electrons. The molecule has 6 nitrogen and oxygen atoms in total. The monoisotopic (exact) mass is 288 g/mol. The second kappa shape index (κ2) is 5.73. The topological polar surface area (TPSA) is 50.6 Å². The van der Waals surface area contributed by atoms with E-state index in [1.165, 1.54) is 0 Å². The van der Waals surface area contributed by atoms with Gasteiger partial charge in [-0.3, -0.25) is 4.90 Å². The summed E-state index contributed by atoms with van der Waals surface area (Å²) in [5, 5.41) is 0. The van der Waals surface area contributed by atoms with Gasteiger partial charge in [0.1, 0.15) is 12.4 Å². The minimum Gasteiger partial charge on any atom is -0.448 e. The van der Waals surface area contributed by atoms with Crippen LogP contribution in [0.15, 0.2) is 24.3 Å². The maximum atomic E-state index is 11.4. The number of carbonyl (C=O) groups excluding carboxylic acids is 1. The van der Waals surface area contributed by atoms with E-state index < -0.39 is 0 Å². The van der Waals surface area contributed by atoms with Gasteiger partial charge in [0.2, 0.25) is 0 Å². The summed E-state index contributed by atoms with van der Waals surface area (Å²) < 4.78 is 7.05. The zero-order chi connectivity index (χ0) is 14.8. The molecule has 1 amide bonds. The summed E-state index contributed by atoms with van der Waals surface area (Å²) in [5.74, 6) is 1.03. The predicted octanol–water partition coefficient (Wildman–Crippen LogP) is 1.46. The van der Waals surface area contributed by atoms with E-state index in [1.54, 1.807) is 4.90 Å². The molecule has 1 aromatic carbocycles. The quantitative estimate of drug-likeness (QED) is 0.836. The number of cyclic esters (lactones) is 1. The van der Waals surface area contributed by atoms with Crippen LogP contribution in [0.3, 0.4) is 0 Å². The van der Waals surface area contributed by atoms with E-state index in [0.29, 0.717) is 19.7 Å². The highest BCUT2D eigenvalue weighted by Gasteiger charge is 2.21. The van der Waals surface area contributed by atoms with Crippen molar-refractivity contribution in [3.05, 3.63) is 30.1 Å². The van der Waals surface area contributed by atoms with E-state index in [4.69, 9.17) is 4.74 Å². The first-order chi connectivity index (χ1) is 10.1. The molecule has 6 heteroatoms. The van der Waals surface area contributed by atoms with Crippen molar-refractivity contribution >= 4 is 17.1 Å². The Kier molecular flexibility index (Phi) is 3.79. The van der Waals surface area contributed by atoms with E-state index in [2.05, 4.69) is 20.5 Å². The van der Waals surface area contributed by atoms with Gasteiger partial charge in [-0.25, -0.2) is 9.78 Å². The molecular weight excluding hydrogens is 268 g/mol. The van der Waals surface area contributed by atoms with Crippen molar-refractivity contribution in [3.8, 4) is 0 Å². The van der Waals surface area contributed by atoms with Crippen molar-refractivity contribution < 1.29 is 9.53 Å². The molecule has 0 spiro atoms. The highest BCUT2D eigenvalue weighted by Crippen LogP contribution is 2.15. The van der Waals surface area contributed by atoms with Gasteiger partial charge >= 0.3 is 6.09 Å². The fraction of sp³-hybridized carbons (Fsp3) is 0.467. The Hall–Kier alpha value is -2.08. The van der Waals surface area contributed by atoms with Crippen molar-refractivity contribution in [3.63, 3.8) is 0 Å². The van der Waals surface area contributed by atoms with E-state index >= 15 is 0 Å². The molecule has 1 aliphatic heterocycles. The maximum Gasteiger partial charge on any atom is 0.409 e. The predicted molar refractivity (Wildman–Crippen MR) is 80.0 cm³/mol. The summed E-state index contributed by atoms with van der Waals surface area (Å²) in [6.45, 7) is 3.46. The van der Waals surface area contributed by atoms with Crippen LogP contribution in [0, 0.1) is 0 Å². The van der Waals surface area contributed by atoms with Gasteiger partial charge in [-0.1, -0.05) is 12.1 Å². The lowest BCUT2D eigenvalue weighted by Gasteiger charge is -2.19. The number of likely N-dealkylation sites (N-methyl/N-ethyl adjacent to an activating group) is 1. The number of imidazole rings is 1. The second-order valence-electron chi connectivity index (χ2n) is 5.41. The Balaban J connectivity index is 1.62. The SMILES string of the molecule is CN(CCN1CCOC1=O)Cc1nc2ccccc2n1C. The highest BCUT2D eigenvalue weighted by molar-refractivity contribution is 5.75. The molecule has 0 unspecified atom stereocenters. The van der Waals surface area contributed by atoms with Crippen LogP contribution < -0.4 is 0 Å². The van der Waals surface area contributed by atoms with Crippen LogP contribution in [0.2, 0.25) is 0 Å². The number of hydrogen-bond donors (Lipinski definition) is 0. The third-order valence-corrected chi connectivity index (χ3v) is 3.89. The van der Waals surface area contributed by atoms with Gasteiger partial charge in [0, 0.05) is 20.1 Å². The Labute approximate surface area is 123 Å². The molecule has 2 heterocycles. The number of aromatic nitrogens is 2. The van der Waals surface area contributed by atoms with Crippen molar-refractivity contribution in [2.45, 2.75) is 6.54 Å². The second-order valence-corrected chi connectivity index (χ2v) is 5.41. The summed E-state index contributed by atoms with van der Waals surface area (Å²) in [6.07, 6.45) is -0.203. The molecule has 0 atom stereocenters. The van der Waals surface area contributed by atoms with E-state index in [1.807, 2.05) is 32.3 Å². The number of rotatable bonds is 5. The van der Waals surface area contributed by atoms with Crippen LogP contribution >= 0.6 is 0 Å². The van der Waals surface area contributed by atoms with Crippen molar-refractivity contribution in [1.82, 2.24) is 19.4 Å². The fourth-order valence-electron chi connectivity index (χ4n) is 2.58. The first-order valence-corrected chi connectivity index (χ1v) is 7.16. The van der Waals surface area contributed by atoms with Gasteiger partial charge in [-0.05, 0) is 19.2 Å². The molecule has 1 aliphatic rings. The van der Waals surface area contributed by atoms with Crippen LogP contribution in [0.25, 0.3) is 11.0 Å². The van der Waals surface area contributed by atoms with Crippen LogP contribution in [0.1, 0.15) is 5.82 Å². The van der Waals surface area contributed by atoms with Gasteiger partial charge in [0.15, 0.2) is 0 Å². The number of amides is 1. The van der Waals surface area contributed by atoms with Gasteiger partial charge in [-0.15, -0.1) is 0 Å². The van der Waals surface area contributed by atoms with Gasteiger partial charge < -0.3 is 14.2 Å². The smallest absolute Gasteiger partial charge is 0.409 e. The molecule has 3 rings (SSSR count). The summed E-state index contributed by atoms with van der Waals surface area (Å²) in [5.41, 5.74) is 2.16. The van der Waals surface area contributed by atoms with E-state index in [9.17, 15) is 4.79 Å². The first-order valence-electron chi connectivity index (χ1n) is 7.16. The molecule has 1 fully saturated rings. The first kappa shape index (κ1) is 13.9. The van der Waals surface area contributed by atoms with Gasteiger partial charge in [-0.2, -0.15) is 0 Å². The number of fused-ring (bicyclic) bond motifs is 1. The molecule has 1 aromatic heterocycles.